The Hall–Kier alpha value is -0.510. The minimum atomic E-state index is -0.709. The van der Waals surface area contributed by atoms with Gasteiger partial charge in [0.15, 0.2) is 0 Å². The lowest BCUT2D eigenvalue weighted by atomic mass is 10.3. The van der Waals surface area contributed by atoms with Gasteiger partial charge in [0.1, 0.15) is 0 Å². The van der Waals surface area contributed by atoms with Crippen LogP contribution in [0.25, 0.3) is 0 Å². The normalized spacial score (nSPS) is 10.0. The maximum atomic E-state index is 10.9. The third kappa shape index (κ3) is 5.18. The van der Waals surface area contributed by atoms with E-state index in [0.717, 1.165) is 0 Å². The molecule has 0 spiro atoms. The second kappa shape index (κ2) is 6.06. The molecule has 0 amide bonds. The molecule has 0 aromatic carbocycles. The van der Waals surface area contributed by atoms with Crippen LogP contribution < -0.4 is 0 Å². The molecule has 4 heteroatoms. The van der Waals surface area contributed by atoms with Gasteiger partial charge in [-0.3, -0.25) is 4.79 Å². The predicted octanol–water partition coefficient (Wildman–Crippen LogP) is 1.26. The summed E-state index contributed by atoms with van der Waals surface area (Å²) in [5, 5.41) is 0. The van der Waals surface area contributed by atoms with Gasteiger partial charge >= 0.3 is 5.97 Å². The van der Waals surface area contributed by atoms with Crippen molar-refractivity contribution in [3.8, 4) is 0 Å². The molecule has 12 heavy (non-hydrogen) atoms. The van der Waals surface area contributed by atoms with Crippen molar-refractivity contribution in [3.05, 3.63) is 0 Å². The van der Waals surface area contributed by atoms with Gasteiger partial charge in [0, 0.05) is 12.2 Å². The monoisotopic (exact) mass is 190 g/mol. The lowest BCUT2D eigenvalue weighted by molar-refractivity contribution is -0.156. The number of hydrogen-bond donors (Lipinski definition) is 0. The van der Waals surface area contributed by atoms with Gasteiger partial charge in [-0.2, -0.15) is 11.8 Å². The quantitative estimate of drug-likeness (QED) is 0.483. The lowest BCUT2D eigenvalue weighted by Gasteiger charge is -2.05. The van der Waals surface area contributed by atoms with Crippen LogP contribution in [0.4, 0.5) is 0 Å². The zero-order valence-corrected chi connectivity index (χ0v) is 8.44. The molecule has 0 rings (SSSR count). The first kappa shape index (κ1) is 11.5. The number of thioether (sulfide) groups is 1. The standard InChI is InChI=1S/C8H14O3S/c1-6(2)11-8(10)7(9)4-5-12-3/h6H,4-5H2,1-3H3. The molecule has 0 heterocycles. The van der Waals surface area contributed by atoms with Crippen molar-refractivity contribution in [1.82, 2.24) is 0 Å². The summed E-state index contributed by atoms with van der Waals surface area (Å²) >= 11 is 1.54. The molecule has 0 N–H and O–H groups in total. The number of Topliss-reactive ketones (excluding diaryl/α,β-unsaturated/α-hetero) is 1. The van der Waals surface area contributed by atoms with Crippen molar-refractivity contribution in [2.45, 2.75) is 26.4 Å². The van der Waals surface area contributed by atoms with Crippen molar-refractivity contribution in [1.29, 1.82) is 0 Å². The third-order valence-corrected chi connectivity index (χ3v) is 1.72. The van der Waals surface area contributed by atoms with Crippen LogP contribution in [0, 0.1) is 0 Å². The minimum absolute atomic E-state index is 0.212. The largest absolute Gasteiger partial charge is 0.457 e. The van der Waals surface area contributed by atoms with E-state index in [2.05, 4.69) is 0 Å². The van der Waals surface area contributed by atoms with Crippen molar-refractivity contribution in [2.24, 2.45) is 0 Å². The van der Waals surface area contributed by atoms with E-state index in [1.165, 1.54) is 11.8 Å². The summed E-state index contributed by atoms with van der Waals surface area (Å²) in [5.41, 5.74) is 0. The van der Waals surface area contributed by atoms with Gasteiger partial charge in [0.2, 0.25) is 5.78 Å². The van der Waals surface area contributed by atoms with Crippen LogP contribution in [0.3, 0.4) is 0 Å². The summed E-state index contributed by atoms with van der Waals surface area (Å²) in [6, 6.07) is 0. The molecule has 0 aliphatic heterocycles. The fourth-order valence-electron chi connectivity index (χ4n) is 0.577. The van der Waals surface area contributed by atoms with Crippen LogP contribution in [0.5, 0.6) is 0 Å². The van der Waals surface area contributed by atoms with Crippen LogP contribution in [0.1, 0.15) is 20.3 Å². The molecule has 0 bridgehead atoms. The van der Waals surface area contributed by atoms with Gasteiger partial charge in [0.25, 0.3) is 0 Å². The highest BCUT2D eigenvalue weighted by atomic mass is 32.2. The van der Waals surface area contributed by atoms with Crippen LogP contribution in [0.2, 0.25) is 0 Å². The first-order valence-electron chi connectivity index (χ1n) is 3.80. The maximum Gasteiger partial charge on any atom is 0.374 e. The first-order chi connectivity index (χ1) is 5.57. The second-order valence-corrected chi connectivity index (χ2v) is 3.61. The van der Waals surface area contributed by atoms with Crippen LogP contribution >= 0.6 is 11.8 Å². The Bertz CT molecular complexity index is 166. The molecular formula is C8H14O3S. The van der Waals surface area contributed by atoms with Gasteiger partial charge in [-0.15, -0.1) is 0 Å². The molecule has 0 atom stereocenters. The summed E-state index contributed by atoms with van der Waals surface area (Å²) in [4.78, 5) is 21.8. The zero-order chi connectivity index (χ0) is 9.56. The van der Waals surface area contributed by atoms with E-state index in [0.29, 0.717) is 5.75 Å². The molecule has 0 fully saturated rings. The van der Waals surface area contributed by atoms with Crippen molar-refractivity contribution in [2.75, 3.05) is 12.0 Å². The van der Waals surface area contributed by atoms with E-state index < -0.39 is 11.8 Å². The van der Waals surface area contributed by atoms with Crippen LogP contribution in [0.15, 0.2) is 0 Å². The molecule has 0 aliphatic rings. The van der Waals surface area contributed by atoms with E-state index in [1.54, 1.807) is 13.8 Å². The van der Waals surface area contributed by atoms with Gasteiger partial charge < -0.3 is 4.74 Å². The summed E-state index contributed by atoms with van der Waals surface area (Å²) in [7, 11) is 0. The zero-order valence-electron chi connectivity index (χ0n) is 7.62. The number of ether oxygens (including phenoxy) is 1. The number of esters is 1. The average molecular weight is 190 g/mol. The van der Waals surface area contributed by atoms with Crippen LogP contribution in [-0.4, -0.2) is 29.9 Å². The number of rotatable bonds is 5. The van der Waals surface area contributed by atoms with Crippen LogP contribution in [-0.2, 0) is 14.3 Å². The summed E-state index contributed by atoms with van der Waals surface area (Å²) in [6.45, 7) is 3.44. The van der Waals surface area contributed by atoms with E-state index in [-0.39, 0.29) is 12.5 Å². The molecular weight excluding hydrogens is 176 g/mol. The van der Waals surface area contributed by atoms with E-state index in [9.17, 15) is 9.59 Å². The average Bonchev–Trinajstić information content (AvgIpc) is 1.98. The van der Waals surface area contributed by atoms with Gasteiger partial charge in [-0.25, -0.2) is 4.79 Å². The number of carbonyl (C=O) groups excluding carboxylic acids is 2. The topological polar surface area (TPSA) is 43.4 Å². The summed E-state index contributed by atoms with van der Waals surface area (Å²) in [5.74, 6) is -0.469. The van der Waals surface area contributed by atoms with Crippen molar-refractivity contribution >= 4 is 23.5 Å². The van der Waals surface area contributed by atoms with Crippen molar-refractivity contribution in [3.63, 3.8) is 0 Å². The Morgan fingerprint density at radius 3 is 2.42 bits per heavy atom. The molecule has 0 radical (unpaired) electrons. The fourth-order valence-corrected chi connectivity index (χ4v) is 0.966. The van der Waals surface area contributed by atoms with E-state index >= 15 is 0 Å². The lowest BCUT2D eigenvalue weighted by Crippen LogP contribution is -2.21. The van der Waals surface area contributed by atoms with Gasteiger partial charge in [-0.1, -0.05) is 0 Å². The Balaban J connectivity index is 3.70. The highest BCUT2D eigenvalue weighted by Gasteiger charge is 2.15. The molecule has 70 valence electrons. The Morgan fingerprint density at radius 2 is 2.00 bits per heavy atom. The Kier molecular flexibility index (Phi) is 5.80. The Labute approximate surface area is 76.9 Å². The predicted molar refractivity (Wildman–Crippen MR) is 49.2 cm³/mol. The third-order valence-electron chi connectivity index (χ3n) is 1.10. The molecule has 0 aromatic rings. The maximum absolute atomic E-state index is 10.9. The fraction of sp³-hybridized carbons (Fsp3) is 0.750. The summed E-state index contributed by atoms with van der Waals surface area (Å²) in [6.07, 6.45) is 1.95. The number of ketones is 1. The smallest absolute Gasteiger partial charge is 0.374 e. The number of carbonyl (C=O) groups is 2. The SMILES string of the molecule is CSCCC(=O)C(=O)OC(C)C. The van der Waals surface area contributed by atoms with E-state index in [1.807, 2.05) is 6.26 Å². The van der Waals surface area contributed by atoms with Crippen molar-refractivity contribution < 1.29 is 14.3 Å². The first-order valence-corrected chi connectivity index (χ1v) is 5.20. The Morgan fingerprint density at radius 1 is 1.42 bits per heavy atom. The molecule has 3 nitrogen and oxygen atoms in total. The molecule has 0 aliphatic carbocycles. The highest BCUT2D eigenvalue weighted by Crippen LogP contribution is 1.99. The minimum Gasteiger partial charge on any atom is -0.457 e. The van der Waals surface area contributed by atoms with Gasteiger partial charge in [0.05, 0.1) is 6.10 Å². The second-order valence-electron chi connectivity index (χ2n) is 2.62. The van der Waals surface area contributed by atoms with Gasteiger partial charge in [-0.05, 0) is 20.1 Å². The molecule has 0 saturated heterocycles. The summed E-state index contributed by atoms with van der Waals surface area (Å²) < 4.78 is 4.71. The highest BCUT2D eigenvalue weighted by molar-refractivity contribution is 7.98. The molecule has 0 aromatic heterocycles. The molecule has 0 unspecified atom stereocenters. The number of hydrogen-bond acceptors (Lipinski definition) is 4. The molecule has 0 saturated carbocycles. The van der Waals surface area contributed by atoms with E-state index in [4.69, 9.17) is 4.74 Å².